The van der Waals surface area contributed by atoms with Gasteiger partial charge in [-0.15, -0.1) is 0 Å². The van der Waals surface area contributed by atoms with E-state index in [2.05, 4.69) is 16.8 Å². The van der Waals surface area contributed by atoms with Crippen LogP contribution in [-0.4, -0.2) is 22.4 Å². The van der Waals surface area contributed by atoms with E-state index in [-0.39, 0.29) is 23.8 Å². The van der Waals surface area contributed by atoms with Gasteiger partial charge in [0.25, 0.3) is 5.91 Å². The van der Waals surface area contributed by atoms with Gasteiger partial charge in [-0.1, -0.05) is 12.2 Å². The third-order valence-corrected chi connectivity index (χ3v) is 4.25. The average Bonchev–Trinajstić information content (AvgIpc) is 2.73. The minimum atomic E-state index is -0.358. The van der Waals surface area contributed by atoms with Crippen LogP contribution in [0.4, 0.5) is 0 Å². The van der Waals surface area contributed by atoms with E-state index in [1.54, 1.807) is 0 Å². The topological polar surface area (TPSA) is 77.1 Å². The Hall–Kier alpha value is -2.04. The first-order chi connectivity index (χ1) is 9.95. The maximum Gasteiger partial charge on any atom is 0.253 e. The number of amides is 2. The Morgan fingerprint density at radius 1 is 1.33 bits per heavy atom. The first kappa shape index (κ1) is 15.4. The number of aryl methyl sites for hydroxylation is 1. The van der Waals surface area contributed by atoms with E-state index in [4.69, 9.17) is 5.73 Å². The van der Waals surface area contributed by atoms with Crippen LogP contribution in [0.15, 0.2) is 18.2 Å². The van der Waals surface area contributed by atoms with Gasteiger partial charge in [0, 0.05) is 24.0 Å². The molecule has 0 fully saturated rings. The summed E-state index contributed by atoms with van der Waals surface area (Å²) in [5, 5.41) is 2.97. The standard InChI is InChI=1S/C16H23N3O2/c1-4-19-10(2)9-13(11(19)3)16(21)18-14-8-6-5-7-12(14)15(17)20/h5-6,9,12,14H,4,7-8H2,1-3H3,(H2,17,20)(H,18,21)/t12-,14-/m1/s1. The monoisotopic (exact) mass is 289 g/mol. The van der Waals surface area contributed by atoms with Crippen LogP contribution in [0.5, 0.6) is 0 Å². The van der Waals surface area contributed by atoms with E-state index >= 15 is 0 Å². The minimum absolute atomic E-state index is 0.130. The summed E-state index contributed by atoms with van der Waals surface area (Å²) >= 11 is 0. The molecule has 1 heterocycles. The van der Waals surface area contributed by atoms with Crippen LogP contribution >= 0.6 is 0 Å². The van der Waals surface area contributed by atoms with Crippen LogP contribution in [-0.2, 0) is 11.3 Å². The van der Waals surface area contributed by atoms with Gasteiger partial charge in [0.1, 0.15) is 0 Å². The maximum absolute atomic E-state index is 12.5. The summed E-state index contributed by atoms with van der Waals surface area (Å²) in [4.78, 5) is 24.0. The van der Waals surface area contributed by atoms with E-state index in [1.165, 1.54) is 0 Å². The quantitative estimate of drug-likeness (QED) is 0.827. The van der Waals surface area contributed by atoms with Crippen LogP contribution in [0.2, 0.25) is 0 Å². The summed E-state index contributed by atoms with van der Waals surface area (Å²) in [6.07, 6.45) is 5.17. The average molecular weight is 289 g/mol. The fourth-order valence-electron chi connectivity index (χ4n) is 3.05. The molecule has 2 atom stereocenters. The molecule has 0 saturated carbocycles. The third kappa shape index (κ3) is 3.01. The zero-order chi connectivity index (χ0) is 15.6. The Morgan fingerprint density at radius 2 is 2.00 bits per heavy atom. The molecular formula is C16H23N3O2. The largest absolute Gasteiger partial charge is 0.369 e. The molecule has 5 nitrogen and oxygen atoms in total. The van der Waals surface area contributed by atoms with Gasteiger partial charge in [-0.05, 0) is 39.7 Å². The summed E-state index contributed by atoms with van der Waals surface area (Å²) in [5.41, 5.74) is 8.11. The van der Waals surface area contributed by atoms with E-state index in [0.717, 1.165) is 17.9 Å². The van der Waals surface area contributed by atoms with Gasteiger partial charge in [0.05, 0.1) is 11.5 Å². The van der Waals surface area contributed by atoms with Crippen LogP contribution in [0.3, 0.4) is 0 Å². The summed E-state index contributed by atoms with van der Waals surface area (Å²) in [6, 6.07) is 1.68. The number of aromatic nitrogens is 1. The number of nitrogens with one attached hydrogen (secondary N) is 1. The Labute approximate surface area is 125 Å². The van der Waals surface area contributed by atoms with Crippen LogP contribution < -0.4 is 11.1 Å². The fraction of sp³-hybridized carbons (Fsp3) is 0.500. The molecule has 3 N–H and O–H groups in total. The highest BCUT2D eigenvalue weighted by molar-refractivity contribution is 5.96. The van der Waals surface area contributed by atoms with Gasteiger partial charge in [0.15, 0.2) is 0 Å². The number of carbonyl (C=O) groups excluding carboxylic acids is 2. The van der Waals surface area contributed by atoms with Crippen molar-refractivity contribution in [3.63, 3.8) is 0 Å². The number of carbonyl (C=O) groups is 2. The van der Waals surface area contributed by atoms with E-state index in [9.17, 15) is 9.59 Å². The molecule has 0 aliphatic heterocycles. The van der Waals surface area contributed by atoms with Crippen molar-refractivity contribution in [2.75, 3.05) is 0 Å². The number of hydrogen-bond donors (Lipinski definition) is 2. The van der Waals surface area contributed by atoms with Crippen molar-refractivity contribution < 1.29 is 9.59 Å². The molecule has 1 aromatic heterocycles. The second-order valence-electron chi connectivity index (χ2n) is 5.56. The first-order valence-corrected chi connectivity index (χ1v) is 7.37. The Bertz CT molecular complexity index is 587. The van der Waals surface area contributed by atoms with E-state index in [0.29, 0.717) is 18.4 Å². The van der Waals surface area contributed by atoms with Crippen molar-refractivity contribution in [3.8, 4) is 0 Å². The van der Waals surface area contributed by atoms with Gasteiger partial charge in [-0.25, -0.2) is 0 Å². The van der Waals surface area contributed by atoms with Crippen molar-refractivity contribution in [1.29, 1.82) is 0 Å². The predicted molar refractivity (Wildman–Crippen MR) is 81.9 cm³/mol. The van der Waals surface area contributed by atoms with Gasteiger partial charge in [-0.3, -0.25) is 9.59 Å². The number of rotatable bonds is 4. The molecule has 2 amide bonds. The lowest BCUT2D eigenvalue weighted by Gasteiger charge is -2.26. The molecule has 0 aromatic carbocycles. The van der Waals surface area contributed by atoms with Gasteiger partial charge < -0.3 is 15.6 Å². The molecule has 0 radical (unpaired) electrons. The third-order valence-electron chi connectivity index (χ3n) is 4.25. The van der Waals surface area contributed by atoms with Crippen molar-refractivity contribution in [3.05, 3.63) is 35.2 Å². The molecule has 2 rings (SSSR count). The van der Waals surface area contributed by atoms with Crippen molar-refractivity contribution in [2.45, 2.75) is 46.2 Å². The maximum atomic E-state index is 12.5. The minimum Gasteiger partial charge on any atom is -0.369 e. The second-order valence-corrected chi connectivity index (χ2v) is 5.56. The van der Waals surface area contributed by atoms with Crippen molar-refractivity contribution >= 4 is 11.8 Å². The SMILES string of the molecule is CCn1c(C)cc(C(=O)N[C@@H]2CC=CC[C@H]2C(N)=O)c1C. The summed E-state index contributed by atoms with van der Waals surface area (Å²) < 4.78 is 2.10. The zero-order valence-corrected chi connectivity index (χ0v) is 12.8. The highest BCUT2D eigenvalue weighted by Crippen LogP contribution is 2.21. The number of nitrogens with two attached hydrogens (primary N) is 1. The van der Waals surface area contributed by atoms with Gasteiger partial charge in [0.2, 0.25) is 5.91 Å². The first-order valence-electron chi connectivity index (χ1n) is 7.37. The molecule has 5 heteroatoms. The predicted octanol–water partition coefficient (Wildman–Crippen LogP) is 1.67. The summed E-state index contributed by atoms with van der Waals surface area (Å²) in [7, 11) is 0. The highest BCUT2D eigenvalue weighted by Gasteiger charge is 2.29. The van der Waals surface area contributed by atoms with Gasteiger partial charge >= 0.3 is 0 Å². The smallest absolute Gasteiger partial charge is 0.253 e. The lowest BCUT2D eigenvalue weighted by Crippen LogP contribution is -2.46. The Balaban J connectivity index is 2.18. The van der Waals surface area contributed by atoms with Crippen molar-refractivity contribution in [1.82, 2.24) is 9.88 Å². The number of nitrogens with zero attached hydrogens (tertiary/aromatic N) is 1. The molecule has 0 bridgehead atoms. The molecule has 1 aliphatic carbocycles. The fourth-order valence-corrected chi connectivity index (χ4v) is 3.05. The van der Waals surface area contributed by atoms with Crippen LogP contribution in [0.25, 0.3) is 0 Å². The molecule has 0 spiro atoms. The van der Waals surface area contributed by atoms with E-state index in [1.807, 2.05) is 32.1 Å². The zero-order valence-electron chi connectivity index (χ0n) is 12.8. The molecule has 0 unspecified atom stereocenters. The van der Waals surface area contributed by atoms with Crippen LogP contribution in [0.1, 0.15) is 41.5 Å². The Kier molecular flexibility index (Phi) is 4.50. The van der Waals surface area contributed by atoms with E-state index < -0.39 is 0 Å². The van der Waals surface area contributed by atoms with Crippen molar-refractivity contribution in [2.24, 2.45) is 11.7 Å². The van der Waals surface area contributed by atoms with Gasteiger partial charge in [-0.2, -0.15) is 0 Å². The Morgan fingerprint density at radius 3 is 2.57 bits per heavy atom. The lowest BCUT2D eigenvalue weighted by atomic mass is 9.88. The molecule has 1 aliphatic rings. The summed E-state index contributed by atoms with van der Waals surface area (Å²) in [6.45, 7) is 6.82. The molecule has 0 saturated heterocycles. The second kappa shape index (κ2) is 6.16. The van der Waals surface area contributed by atoms with Crippen LogP contribution in [0, 0.1) is 19.8 Å². The highest BCUT2D eigenvalue weighted by atomic mass is 16.2. The molecule has 21 heavy (non-hydrogen) atoms. The number of allylic oxidation sites excluding steroid dienone is 1. The molecule has 1 aromatic rings. The molecular weight excluding hydrogens is 266 g/mol. The molecule has 114 valence electrons. The lowest BCUT2D eigenvalue weighted by molar-refractivity contribution is -0.122. The number of primary amides is 1. The number of hydrogen-bond acceptors (Lipinski definition) is 2. The summed E-state index contributed by atoms with van der Waals surface area (Å²) in [5.74, 6) is -0.813. The normalized spacial score (nSPS) is 21.3.